The number of anilines is 1. The molecule has 0 saturated carbocycles. The van der Waals surface area contributed by atoms with Crippen LogP contribution in [0.4, 0.5) is 5.13 Å². The molecule has 0 atom stereocenters. The van der Waals surface area contributed by atoms with Crippen molar-refractivity contribution in [3.05, 3.63) is 88.4 Å². The van der Waals surface area contributed by atoms with Gasteiger partial charge in [0.15, 0.2) is 0 Å². The summed E-state index contributed by atoms with van der Waals surface area (Å²) in [6, 6.07) is 24.3. The minimum Gasteiger partial charge on any atom is -0.267 e. The van der Waals surface area contributed by atoms with Gasteiger partial charge in [-0.2, -0.15) is 24.9 Å². The lowest BCUT2D eigenvalue weighted by molar-refractivity contribution is 0.0987. The van der Waals surface area contributed by atoms with E-state index >= 15 is 0 Å². The number of aromatic nitrogens is 1. The number of carbonyl (C=O) groups excluding carboxylic acids is 1. The quantitative estimate of drug-likeness (QED) is 0.168. The molecule has 0 unspecified atom stereocenters. The molecule has 0 bridgehead atoms. The maximum absolute atomic E-state index is 13.6. The number of rotatable bonds is 10. The Labute approximate surface area is 238 Å². The van der Waals surface area contributed by atoms with Gasteiger partial charge < -0.3 is 0 Å². The molecule has 4 aromatic rings. The van der Waals surface area contributed by atoms with Crippen LogP contribution in [0.5, 0.6) is 0 Å². The first-order chi connectivity index (χ1) is 18.8. The fourth-order valence-corrected chi connectivity index (χ4v) is 6.49. The number of fused-ring (bicyclic) bond motifs is 1. The summed E-state index contributed by atoms with van der Waals surface area (Å²) in [4.78, 5) is 18.2. The van der Waals surface area contributed by atoms with E-state index in [0.29, 0.717) is 10.6 Å². The summed E-state index contributed by atoms with van der Waals surface area (Å²) in [6.07, 6.45) is 1.55. The van der Waals surface area contributed by atoms with Crippen molar-refractivity contribution in [2.24, 2.45) is 5.10 Å². The highest BCUT2D eigenvalue weighted by Crippen LogP contribution is 2.32. The summed E-state index contributed by atoms with van der Waals surface area (Å²) >= 11 is 4.75. The van der Waals surface area contributed by atoms with Crippen molar-refractivity contribution < 1.29 is 13.2 Å². The zero-order chi connectivity index (χ0) is 27.8. The molecule has 12 heteroatoms. The van der Waals surface area contributed by atoms with Crippen LogP contribution < -0.4 is 5.01 Å². The molecule has 1 amide bonds. The van der Waals surface area contributed by atoms with Crippen molar-refractivity contribution in [2.45, 2.75) is 17.7 Å². The highest BCUT2D eigenvalue weighted by atomic mass is 79.9. The number of nitriles is 2. The van der Waals surface area contributed by atoms with Gasteiger partial charge in [-0.15, -0.1) is 0 Å². The third kappa shape index (κ3) is 6.74. The summed E-state index contributed by atoms with van der Waals surface area (Å²) in [5.41, 5.74) is 1.71. The van der Waals surface area contributed by atoms with E-state index in [9.17, 15) is 13.2 Å². The second-order valence-electron chi connectivity index (χ2n) is 8.13. The number of halogens is 1. The number of hydrogen-bond acceptors (Lipinski definition) is 8. The monoisotopic (exact) mass is 620 g/mol. The average molecular weight is 622 g/mol. The Morgan fingerprint density at radius 3 is 2.31 bits per heavy atom. The second-order valence-corrected chi connectivity index (χ2v) is 12.0. The third-order valence-electron chi connectivity index (χ3n) is 5.52. The Kier molecular flexibility index (Phi) is 9.17. The van der Waals surface area contributed by atoms with Gasteiger partial charge in [0.1, 0.15) is 0 Å². The molecule has 196 valence electrons. The van der Waals surface area contributed by atoms with Crippen LogP contribution in [0.2, 0.25) is 0 Å². The number of benzene rings is 3. The summed E-state index contributed by atoms with van der Waals surface area (Å²) in [5, 5.41) is 23.8. The molecular weight excluding hydrogens is 600 g/mol. The van der Waals surface area contributed by atoms with E-state index in [-0.39, 0.29) is 36.4 Å². The molecule has 4 rings (SSSR count). The number of sulfonamides is 1. The normalized spacial score (nSPS) is 11.5. The van der Waals surface area contributed by atoms with Crippen LogP contribution in [-0.2, 0) is 10.0 Å². The van der Waals surface area contributed by atoms with E-state index in [1.165, 1.54) is 40.6 Å². The topological polar surface area (TPSA) is 131 Å². The maximum Gasteiger partial charge on any atom is 0.280 e. The minimum absolute atomic E-state index is 0.00561. The molecule has 0 fully saturated rings. The molecule has 9 nitrogen and oxygen atoms in total. The lowest BCUT2D eigenvalue weighted by atomic mass is 10.2. The molecule has 0 saturated heterocycles. The number of hydrazone groups is 1. The van der Waals surface area contributed by atoms with Crippen molar-refractivity contribution >= 4 is 64.8 Å². The van der Waals surface area contributed by atoms with Gasteiger partial charge in [-0.1, -0.05) is 57.6 Å². The Hall–Kier alpha value is -3.94. The van der Waals surface area contributed by atoms with Gasteiger partial charge in [0.25, 0.3) is 5.91 Å². The number of hydrogen-bond donors (Lipinski definition) is 0. The van der Waals surface area contributed by atoms with Gasteiger partial charge in [-0.05, 0) is 48.0 Å². The van der Waals surface area contributed by atoms with Gasteiger partial charge in [-0.3, -0.25) is 4.79 Å². The fourth-order valence-electron chi connectivity index (χ4n) is 3.57. The zero-order valence-corrected chi connectivity index (χ0v) is 23.7. The summed E-state index contributed by atoms with van der Waals surface area (Å²) < 4.78 is 29.1. The maximum atomic E-state index is 13.6. The first-order valence-corrected chi connectivity index (χ1v) is 14.7. The standard InChI is InChI=1S/C27H21BrN6O3S2/c28-22-10-13-24-25(18-22)38-27(32-24)34(31-19-20-6-2-1-3-7-20)26(35)21-8-11-23(12-9-21)39(36,37)33(16-4-14-29)17-5-15-30/h1-3,6-13,18-19H,4-5,16-17H2/b31-19+. The van der Waals surface area contributed by atoms with Crippen LogP contribution in [0, 0.1) is 22.7 Å². The Morgan fingerprint density at radius 1 is 1.00 bits per heavy atom. The zero-order valence-electron chi connectivity index (χ0n) is 20.4. The number of thiazole rings is 1. The van der Waals surface area contributed by atoms with E-state index in [1.807, 2.05) is 60.7 Å². The number of amides is 1. The van der Waals surface area contributed by atoms with Crippen molar-refractivity contribution in [1.82, 2.24) is 9.29 Å². The Balaban J connectivity index is 1.67. The molecule has 3 aromatic carbocycles. The third-order valence-corrected chi connectivity index (χ3v) is 8.92. The van der Waals surface area contributed by atoms with Crippen LogP contribution in [0.15, 0.2) is 87.3 Å². The highest BCUT2D eigenvalue weighted by molar-refractivity contribution is 9.10. The summed E-state index contributed by atoms with van der Waals surface area (Å²) in [7, 11) is -3.97. The highest BCUT2D eigenvalue weighted by Gasteiger charge is 2.26. The van der Waals surface area contributed by atoms with E-state index in [0.717, 1.165) is 19.0 Å². The number of nitrogens with zero attached hydrogens (tertiary/aromatic N) is 6. The molecule has 0 radical (unpaired) electrons. The molecule has 1 heterocycles. The van der Waals surface area contributed by atoms with Crippen LogP contribution in [0.3, 0.4) is 0 Å². The Morgan fingerprint density at radius 2 is 1.67 bits per heavy atom. The SMILES string of the molecule is N#CCCN(CCC#N)S(=O)(=O)c1ccc(C(=O)N(/N=C/c2ccccc2)c2nc3ccc(Br)cc3s2)cc1. The van der Waals surface area contributed by atoms with Gasteiger partial charge in [0.2, 0.25) is 15.2 Å². The smallest absolute Gasteiger partial charge is 0.267 e. The lowest BCUT2D eigenvalue weighted by Crippen LogP contribution is -2.33. The largest absolute Gasteiger partial charge is 0.280 e. The van der Waals surface area contributed by atoms with Crippen LogP contribution in [-0.4, -0.2) is 42.9 Å². The molecule has 0 aliphatic rings. The average Bonchev–Trinajstić information content (AvgIpc) is 3.36. The first-order valence-electron chi connectivity index (χ1n) is 11.7. The van der Waals surface area contributed by atoms with E-state index < -0.39 is 15.9 Å². The van der Waals surface area contributed by atoms with E-state index in [2.05, 4.69) is 26.0 Å². The van der Waals surface area contributed by atoms with E-state index in [4.69, 9.17) is 10.5 Å². The van der Waals surface area contributed by atoms with E-state index in [1.54, 1.807) is 6.21 Å². The van der Waals surface area contributed by atoms with Crippen LogP contribution in [0.1, 0.15) is 28.8 Å². The molecule has 0 aliphatic carbocycles. The van der Waals surface area contributed by atoms with Gasteiger partial charge >= 0.3 is 0 Å². The second kappa shape index (κ2) is 12.7. The molecule has 0 aliphatic heterocycles. The molecule has 1 aromatic heterocycles. The van der Waals surface area contributed by atoms with Gasteiger partial charge in [0, 0.05) is 36.0 Å². The Bertz CT molecular complexity index is 1670. The summed E-state index contributed by atoms with van der Waals surface area (Å²) in [6.45, 7) is -0.0617. The van der Waals surface area contributed by atoms with Gasteiger partial charge in [-0.25, -0.2) is 13.4 Å². The van der Waals surface area contributed by atoms with Crippen LogP contribution >= 0.6 is 27.3 Å². The predicted molar refractivity (Wildman–Crippen MR) is 154 cm³/mol. The fraction of sp³-hybridized carbons (Fsp3) is 0.148. The lowest BCUT2D eigenvalue weighted by Gasteiger charge is -2.20. The first kappa shape index (κ1) is 28.1. The number of carbonyl (C=O) groups is 1. The molecule has 39 heavy (non-hydrogen) atoms. The summed E-state index contributed by atoms with van der Waals surface area (Å²) in [5.74, 6) is -0.491. The van der Waals surface area contributed by atoms with Crippen molar-refractivity contribution in [1.29, 1.82) is 10.5 Å². The van der Waals surface area contributed by atoms with Crippen molar-refractivity contribution in [3.63, 3.8) is 0 Å². The van der Waals surface area contributed by atoms with Gasteiger partial charge in [0.05, 0.1) is 33.5 Å². The predicted octanol–water partition coefficient (Wildman–Crippen LogP) is 5.56. The van der Waals surface area contributed by atoms with Crippen LogP contribution in [0.25, 0.3) is 10.2 Å². The molecule has 0 N–H and O–H groups in total. The molecular formula is C27H21BrN6O3S2. The molecule has 0 spiro atoms. The van der Waals surface area contributed by atoms with Crippen molar-refractivity contribution in [3.8, 4) is 12.1 Å². The minimum atomic E-state index is -3.97. The van der Waals surface area contributed by atoms with Crippen molar-refractivity contribution in [2.75, 3.05) is 18.1 Å².